The van der Waals surface area contributed by atoms with Gasteiger partial charge < -0.3 is 5.11 Å². The van der Waals surface area contributed by atoms with Gasteiger partial charge in [-0.25, -0.2) is 9.97 Å². The van der Waals surface area contributed by atoms with Gasteiger partial charge in [0, 0.05) is 16.1 Å². The van der Waals surface area contributed by atoms with Crippen LogP contribution in [0.2, 0.25) is 0 Å². The number of benzene rings is 1. The number of halogens is 1. The lowest BCUT2D eigenvalue weighted by Gasteiger charge is -2.03. The summed E-state index contributed by atoms with van der Waals surface area (Å²) in [5.41, 5.74) is 1.48. The van der Waals surface area contributed by atoms with Crippen LogP contribution in [0.15, 0.2) is 41.1 Å². The second kappa shape index (κ2) is 6.58. The van der Waals surface area contributed by atoms with E-state index in [0.29, 0.717) is 11.6 Å². The van der Waals surface area contributed by atoms with E-state index in [2.05, 4.69) is 31.0 Å². The van der Waals surface area contributed by atoms with E-state index in [0.717, 1.165) is 15.4 Å². The van der Waals surface area contributed by atoms with Gasteiger partial charge in [-0.05, 0) is 18.2 Å². The lowest BCUT2D eigenvalue weighted by atomic mass is 10.3. The maximum atomic E-state index is 9.09. The summed E-state index contributed by atoms with van der Waals surface area (Å²) in [6, 6.07) is 7.56. The molecule has 0 aliphatic heterocycles. The average Bonchev–Trinajstić information content (AvgIpc) is 2.92. The minimum absolute atomic E-state index is 0.113. The summed E-state index contributed by atoms with van der Waals surface area (Å²) in [5.74, 6) is 0.453. The summed E-state index contributed by atoms with van der Waals surface area (Å²) in [7, 11) is 0. The SMILES string of the molecule is CC.OCc1ccnc(-n2ncc3ccc(Br)cc32)n1. The quantitative estimate of drug-likeness (QED) is 0.782. The van der Waals surface area contributed by atoms with Gasteiger partial charge in [-0.3, -0.25) is 0 Å². The number of aliphatic hydroxyl groups is 1. The second-order valence-electron chi connectivity index (χ2n) is 3.77. The molecule has 1 N–H and O–H groups in total. The van der Waals surface area contributed by atoms with E-state index in [1.54, 1.807) is 23.1 Å². The van der Waals surface area contributed by atoms with E-state index < -0.39 is 0 Å². The second-order valence-corrected chi connectivity index (χ2v) is 4.68. The Morgan fingerprint density at radius 1 is 1.25 bits per heavy atom. The topological polar surface area (TPSA) is 63.8 Å². The van der Waals surface area contributed by atoms with Crippen molar-refractivity contribution < 1.29 is 5.11 Å². The van der Waals surface area contributed by atoms with E-state index in [1.807, 2.05) is 32.0 Å². The number of rotatable bonds is 2. The molecule has 0 fully saturated rings. The maximum Gasteiger partial charge on any atom is 0.251 e. The Labute approximate surface area is 125 Å². The number of hydrogen-bond acceptors (Lipinski definition) is 4. The monoisotopic (exact) mass is 334 g/mol. The third-order valence-corrected chi connectivity index (χ3v) is 3.08. The van der Waals surface area contributed by atoms with Crippen molar-refractivity contribution >= 4 is 26.8 Å². The van der Waals surface area contributed by atoms with E-state index in [4.69, 9.17) is 5.11 Å². The summed E-state index contributed by atoms with van der Waals surface area (Å²) in [6.07, 6.45) is 3.37. The van der Waals surface area contributed by atoms with Crippen LogP contribution in [-0.4, -0.2) is 24.9 Å². The third-order valence-electron chi connectivity index (χ3n) is 2.58. The first-order valence-corrected chi connectivity index (χ1v) is 7.13. The van der Waals surface area contributed by atoms with Gasteiger partial charge in [0.2, 0.25) is 0 Å². The van der Waals surface area contributed by atoms with Gasteiger partial charge in [-0.15, -0.1) is 0 Å². The average molecular weight is 335 g/mol. The van der Waals surface area contributed by atoms with Crippen molar-refractivity contribution in [1.82, 2.24) is 19.7 Å². The van der Waals surface area contributed by atoms with Gasteiger partial charge >= 0.3 is 0 Å². The van der Waals surface area contributed by atoms with Gasteiger partial charge in [0.25, 0.3) is 5.95 Å². The fourth-order valence-electron chi connectivity index (χ4n) is 1.73. The molecule has 0 atom stereocenters. The highest BCUT2D eigenvalue weighted by Crippen LogP contribution is 2.21. The highest BCUT2D eigenvalue weighted by atomic mass is 79.9. The molecule has 0 radical (unpaired) electrons. The molecule has 0 spiro atoms. The molecule has 3 aromatic rings. The molecular weight excluding hydrogens is 320 g/mol. The Balaban J connectivity index is 0.000000704. The Kier molecular flexibility index (Phi) is 4.81. The Bertz CT molecular complexity index is 711. The lowest BCUT2D eigenvalue weighted by molar-refractivity contribution is 0.276. The first kappa shape index (κ1) is 14.6. The molecule has 0 bridgehead atoms. The largest absolute Gasteiger partial charge is 0.390 e. The van der Waals surface area contributed by atoms with E-state index >= 15 is 0 Å². The molecule has 0 aliphatic carbocycles. The number of fused-ring (bicyclic) bond motifs is 1. The molecular formula is C14H15BrN4O. The molecule has 0 saturated carbocycles. The van der Waals surface area contributed by atoms with Crippen LogP contribution < -0.4 is 0 Å². The van der Waals surface area contributed by atoms with Crippen LogP contribution in [0.3, 0.4) is 0 Å². The summed E-state index contributed by atoms with van der Waals surface area (Å²) >= 11 is 3.43. The molecule has 3 rings (SSSR count). The fourth-order valence-corrected chi connectivity index (χ4v) is 2.07. The van der Waals surface area contributed by atoms with E-state index in [-0.39, 0.29) is 6.61 Å². The first-order valence-electron chi connectivity index (χ1n) is 6.34. The van der Waals surface area contributed by atoms with Crippen LogP contribution in [0, 0.1) is 0 Å². The maximum absolute atomic E-state index is 9.09. The molecule has 2 aromatic heterocycles. The van der Waals surface area contributed by atoms with Crippen molar-refractivity contribution in [2.45, 2.75) is 20.5 Å². The third kappa shape index (κ3) is 2.86. The molecule has 6 heteroatoms. The lowest BCUT2D eigenvalue weighted by Crippen LogP contribution is -2.04. The predicted octanol–water partition coefficient (Wildman–Crippen LogP) is 3.10. The van der Waals surface area contributed by atoms with Crippen LogP contribution in [-0.2, 0) is 6.61 Å². The van der Waals surface area contributed by atoms with Crippen LogP contribution in [0.5, 0.6) is 0 Å². The normalized spacial score (nSPS) is 10.2. The molecule has 104 valence electrons. The molecule has 1 aromatic carbocycles. The predicted molar refractivity (Wildman–Crippen MR) is 81.6 cm³/mol. The Morgan fingerprint density at radius 2 is 2.05 bits per heavy atom. The number of aliphatic hydroxyl groups excluding tert-OH is 1. The number of aromatic nitrogens is 4. The molecule has 2 heterocycles. The van der Waals surface area contributed by atoms with Crippen LogP contribution in [0.4, 0.5) is 0 Å². The van der Waals surface area contributed by atoms with Crippen molar-refractivity contribution in [3.05, 3.63) is 46.8 Å². The van der Waals surface area contributed by atoms with Gasteiger partial charge in [0.05, 0.1) is 24.0 Å². The minimum Gasteiger partial charge on any atom is -0.390 e. The summed E-state index contributed by atoms with van der Waals surface area (Å²) in [6.45, 7) is 3.89. The van der Waals surface area contributed by atoms with Gasteiger partial charge in [-0.1, -0.05) is 35.8 Å². The van der Waals surface area contributed by atoms with Crippen molar-refractivity contribution in [3.63, 3.8) is 0 Å². The van der Waals surface area contributed by atoms with E-state index in [1.165, 1.54) is 0 Å². The van der Waals surface area contributed by atoms with E-state index in [9.17, 15) is 0 Å². The first-order chi connectivity index (χ1) is 9.78. The smallest absolute Gasteiger partial charge is 0.251 e. The van der Waals surface area contributed by atoms with Crippen molar-refractivity contribution in [2.75, 3.05) is 0 Å². The van der Waals surface area contributed by atoms with Gasteiger partial charge in [0.1, 0.15) is 0 Å². The Hall–Kier alpha value is -1.79. The zero-order chi connectivity index (χ0) is 14.5. The molecule has 0 saturated heterocycles. The summed E-state index contributed by atoms with van der Waals surface area (Å²) < 4.78 is 2.62. The fraction of sp³-hybridized carbons (Fsp3) is 0.214. The molecule has 0 unspecified atom stereocenters. The standard InChI is InChI=1S/C12H9BrN4O.C2H6/c13-9-2-1-8-6-15-17(11(8)5-9)12-14-4-3-10(7-18)16-12;1-2/h1-6,18H,7H2;1-2H3. The number of nitrogens with zero attached hydrogens (tertiary/aromatic N) is 4. The highest BCUT2D eigenvalue weighted by Gasteiger charge is 2.08. The molecule has 0 amide bonds. The summed E-state index contributed by atoms with van der Waals surface area (Å²) in [4.78, 5) is 8.41. The van der Waals surface area contributed by atoms with Crippen LogP contribution >= 0.6 is 15.9 Å². The number of hydrogen-bond donors (Lipinski definition) is 1. The van der Waals surface area contributed by atoms with Crippen molar-refractivity contribution in [3.8, 4) is 5.95 Å². The zero-order valence-electron chi connectivity index (χ0n) is 11.3. The molecule has 20 heavy (non-hydrogen) atoms. The van der Waals surface area contributed by atoms with Gasteiger partial charge in [0.15, 0.2) is 0 Å². The molecule has 5 nitrogen and oxygen atoms in total. The molecule has 0 aliphatic rings. The van der Waals surface area contributed by atoms with Crippen LogP contribution in [0.1, 0.15) is 19.5 Å². The highest BCUT2D eigenvalue weighted by molar-refractivity contribution is 9.10. The van der Waals surface area contributed by atoms with Crippen molar-refractivity contribution in [1.29, 1.82) is 0 Å². The summed E-state index contributed by atoms with van der Waals surface area (Å²) in [5, 5.41) is 14.4. The van der Waals surface area contributed by atoms with Crippen molar-refractivity contribution in [2.24, 2.45) is 0 Å². The van der Waals surface area contributed by atoms with Gasteiger partial charge in [-0.2, -0.15) is 9.78 Å². The van der Waals surface area contributed by atoms with Crippen LogP contribution in [0.25, 0.3) is 16.9 Å². The zero-order valence-corrected chi connectivity index (χ0v) is 12.9. The minimum atomic E-state index is -0.113. The Morgan fingerprint density at radius 3 is 2.80 bits per heavy atom.